The van der Waals surface area contributed by atoms with E-state index >= 15 is 0 Å². The first kappa shape index (κ1) is 13.7. The van der Waals surface area contributed by atoms with Gasteiger partial charge in [-0.3, -0.25) is 9.59 Å². The average molecular weight is 245 g/mol. The van der Waals surface area contributed by atoms with Gasteiger partial charge in [-0.05, 0) is 38.1 Å². The SMILES string of the molecule is CC(C)NC(=O)CNC(=O)c1ccc(C#N)cc1. The van der Waals surface area contributed by atoms with E-state index in [1.807, 2.05) is 19.9 Å². The molecule has 0 saturated heterocycles. The van der Waals surface area contributed by atoms with E-state index in [4.69, 9.17) is 5.26 Å². The Labute approximate surface area is 106 Å². The Bertz CT molecular complexity index is 472. The number of benzene rings is 1. The van der Waals surface area contributed by atoms with Crippen LogP contribution >= 0.6 is 0 Å². The standard InChI is InChI=1S/C13H15N3O2/c1-9(2)16-12(17)8-15-13(18)11-5-3-10(7-14)4-6-11/h3-6,9H,8H2,1-2H3,(H,15,18)(H,16,17). The van der Waals surface area contributed by atoms with Crippen LogP contribution in [0.15, 0.2) is 24.3 Å². The van der Waals surface area contributed by atoms with Crippen molar-refractivity contribution in [1.82, 2.24) is 10.6 Å². The smallest absolute Gasteiger partial charge is 0.251 e. The summed E-state index contributed by atoms with van der Waals surface area (Å²) in [5, 5.41) is 13.8. The van der Waals surface area contributed by atoms with Gasteiger partial charge in [0.1, 0.15) is 0 Å². The summed E-state index contributed by atoms with van der Waals surface area (Å²) in [4.78, 5) is 23.0. The van der Waals surface area contributed by atoms with Gasteiger partial charge >= 0.3 is 0 Å². The average Bonchev–Trinajstić information content (AvgIpc) is 2.35. The maximum Gasteiger partial charge on any atom is 0.251 e. The normalized spacial score (nSPS) is 9.67. The molecule has 2 amide bonds. The van der Waals surface area contributed by atoms with Crippen LogP contribution in [0, 0.1) is 11.3 Å². The maximum absolute atomic E-state index is 11.7. The van der Waals surface area contributed by atoms with Crippen LogP contribution in [0.3, 0.4) is 0 Å². The summed E-state index contributed by atoms with van der Waals surface area (Å²) in [6, 6.07) is 8.23. The Balaban J connectivity index is 2.50. The summed E-state index contributed by atoms with van der Waals surface area (Å²) in [5.74, 6) is -0.564. The monoisotopic (exact) mass is 245 g/mol. The molecule has 0 bridgehead atoms. The first-order valence-electron chi connectivity index (χ1n) is 5.60. The molecule has 0 saturated carbocycles. The third-order valence-corrected chi connectivity index (χ3v) is 2.14. The summed E-state index contributed by atoms with van der Waals surface area (Å²) < 4.78 is 0. The van der Waals surface area contributed by atoms with Crippen LogP contribution in [0.25, 0.3) is 0 Å². The fraction of sp³-hybridized carbons (Fsp3) is 0.308. The van der Waals surface area contributed by atoms with Crippen molar-refractivity contribution in [2.75, 3.05) is 6.54 Å². The molecule has 0 fully saturated rings. The second-order valence-electron chi connectivity index (χ2n) is 4.09. The van der Waals surface area contributed by atoms with Gasteiger partial charge in [-0.1, -0.05) is 0 Å². The zero-order valence-corrected chi connectivity index (χ0v) is 10.4. The highest BCUT2D eigenvalue weighted by molar-refractivity contribution is 5.96. The summed E-state index contributed by atoms with van der Waals surface area (Å²) in [6.45, 7) is 3.64. The van der Waals surface area contributed by atoms with Gasteiger partial charge in [-0.2, -0.15) is 5.26 Å². The molecule has 0 aliphatic carbocycles. The van der Waals surface area contributed by atoms with Crippen molar-refractivity contribution < 1.29 is 9.59 Å². The van der Waals surface area contributed by atoms with Crippen LogP contribution in [0.5, 0.6) is 0 Å². The van der Waals surface area contributed by atoms with Crippen LogP contribution < -0.4 is 10.6 Å². The molecular formula is C13H15N3O2. The maximum atomic E-state index is 11.7. The molecule has 0 heterocycles. The molecule has 0 unspecified atom stereocenters. The fourth-order valence-electron chi connectivity index (χ4n) is 1.33. The number of nitrogens with zero attached hydrogens (tertiary/aromatic N) is 1. The van der Waals surface area contributed by atoms with Crippen LogP contribution in [0.2, 0.25) is 0 Å². The number of nitrogens with one attached hydrogen (secondary N) is 2. The molecule has 2 N–H and O–H groups in total. The van der Waals surface area contributed by atoms with Crippen LogP contribution in [0.1, 0.15) is 29.8 Å². The molecule has 1 rings (SSSR count). The Morgan fingerprint density at radius 3 is 2.39 bits per heavy atom. The molecule has 5 heteroatoms. The molecule has 0 aromatic heterocycles. The predicted molar refractivity (Wildman–Crippen MR) is 66.8 cm³/mol. The van der Waals surface area contributed by atoms with Crippen molar-refractivity contribution in [3.05, 3.63) is 35.4 Å². The highest BCUT2D eigenvalue weighted by Crippen LogP contribution is 2.02. The topological polar surface area (TPSA) is 82.0 Å². The van der Waals surface area contributed by atoms with E-state index in [2.05, 4.69) is 10.6 Å². The zero-order valence-electron chi connectivity index (χ0n) is 10.4. The zero-order chi connectivity index (χ0) is 13.5. The number of nitriles is 1. The predicted octanol–water partition coefficient (Wildman–Crippen LogP) is 0.813. The first-order valence-corrected chi connectivity index (χ1v) is 5.60. The summed E-state index contributed by atoms with van der Waals surface area (Å²) in [7, 11) is 0. The molecule has 0 spiro atoms. The Hall–Kier alpha value is -2.35. The molecular weight excluding hydrogens is 230 g/mol. The quantitative estimate of drug-likeness (QED) is 0.823. The van der Waals surface area contributed by atoms with E-state index in [0.717, 1.165) is 0 Å². The lowest BCUT2D eigenvalue weighted by atomic mass is 10.1. The van der Waals surface area contributed by atoms with Crippen LogP contribution in [0.4, 0.5) is 0 Å². The third-order valence-electron chi connectivity index (χ3n) is 2.14. The van der Waals surface area contributed by atoms with E-state index in [1.54, 1.807) is 24.3 Å². The van der Waals surface area contributed by atoms with E-state index in [0.29, 0.717) is 11.1 Å². The summed E-state index contributed by atoms with van der Waals surface area (Å²) in [5.41, 5.74) is 0.912. The molecule has 1 aromatic carbocycles. The molecule has 0 aliphatic rings. The van der Waals surface area contributed by atoms with Crippen molar-refractivity contribution in [3.8, 4) is 6.07 Å². The van der Waals surface area contributed by atoms with Crippen molar-refractivity contribution in [2.24, 2.45) is 0 Å². The lowest BCUT2D eigenvalue weighted by molar-refractivity contribution is -0.120. The largest absolute Gasteiger partial charge is 0.352 e. The van der Waals surface area contributed by atoms with Crippen LogP contribution in [-0.4, -0.2) is 24.4 Å². The minimum atomic E-state index is -0.335. The number of hydrogen-bond acceptors (Lipinski definition) is 3. The minimum Gasteiger partial charge on any atom is -0.352 e. The summed E-state index contributed by atoms with van der Waals surface area (Å²) in [6.07, 6.45) is 0. The van der Waals surface area contributed by atoms with Crippen molar-refractivity contribution >= 4 is 11.8 Å². The van der Waals surface area contributed by atoms with Gasteiger partial charge in [-0.25, -0.2) is 0 Å². The molecule has 18 heavy (non-hydrogen) atoms. The van der Waals surface area contributed by atoms with Crippen molar-refractivity contribution in [3.63, 3.8) is 0 Å². The molecule has 1 aromatic rings. The van der Waals surface area contributed by atoms with Crippen molar-refractivity contribution in [2.45, 2.75) is 19.9 Å². The van der Waals surface area contributed by atoms with Gasteiger partial charge < -0.3 is 10.6 Å². The van der Waals surface area contributed by atoms with Crippen molar-refractivity contribution in [1.29, 1.82) is 5.26 Å². The lowest BCUT2D eigenvalue weighted by Gasteiger charge is -2.09. The molecule has 0 atom stereocenters. The number of rotatable bonds is 4. The van der Waals surface area contributed by atoms with E-state index in [1.165, 1.54) is 0 Å². The van der Waals surface area contributed by atoms with Gasteiger partial charge in [0.05, 0.1) is 18.2 Å². The van der Waals surface area contributed by atoms with E-state index in [9.17, 15) is 9.59 Å². The second kappa shape index (κ2) is 6.40. The highest BCUT2D eigenvalue weighted by atomic mass is 16.2. The Morgan fingerprint density at radius 1 is 1.28 bits per heavy atom. The third kappa shape index (κ3) is 4.26. The minimum absolute atomic E-state index is 0.0457. The van der Waals surface area contributed by atoms with Crippen LogP contribution in [-0.2, 0) is 4.79 Å². The fourth-order valence-corrected chi connectivity index (χ4v) is 1.33. The molecule has 94 valence electrons. The van der Waals surface area contributed by atoms with Gasteiger partial charge in [0.25, 0.3) is 5.91 Å². The second-order valence-corrected chi connectivity index (χ2v) is 4.09. The molecule has 5 nitrogen and oxygen atoms in total. The van der Waals surface area contributed by atoms with Gasteiger partial charge in [0.15, 0.2) is 0 Å². The Morgan fingerprint density at radius 2 is 1.89 bits per heavy atom. The number of carbonyl (C=O) groups is 2. The number of carbonyl (C=O) groups excluding carboxylic acids is 2. The van der Waals surface area contributed by atoms with E-state index in [-0.39, 0.29) is 24.4 Å². The number of amides is 2. The summed E-state index contributed by atoms with van der Waals surface area (Å²) >= 11 is 0. The van der Waals surface area contributed by atoms with Gasteiger partial charge in [0.2, 0.25) is 5.91 Å². The highest BCUT2D eigenvalue weighted by Gasteiger charge is 2.08. The van der Waals surface area contributed by atoms with E-state index < -0.39 is 0 Å². The van der Waals surface area contributed by atoms with Gasteiger partial charge in [-0.15, -0.1) is 0 Å². The first-order chi connectivity index (χ1) is 8.52. The Kier molecular flexibility index (Phi) is 4.88. The molecule has 0 aliphatic heterocycles. The van der Waals surface area contributed by atoms with Gasteiger partial charge in [0, 0.05) is 11.6 Å². The lowest BCUT2D eigenvalue weighted by Crippen LogP contribution is -2.39. The number of hydrogen-bond donors (Lipinski definition) is 2. The molecule has 0 radical (unpaired) electrons.